The average Bonchev–Trinajstić information content (AvgIpc) is 3.24. The van der Waals surface area contributed by atoms with E-state index in [2.05, 4.69) is 15.3 Å². The van der Waals surface area contributed by atoms with Gasteiger partial charge in [-0.2, -0.15) is 0 Å². The van der Waals surface area contributed by atoms with Crippen LogP contribution in [-0.4, -0.2) is 15.9 Å². The number of amides is 1. The summed E-state index contributed by atoms with van der Waals surface area (Å²) in [5.74, 6) is -0.156. The number of hydrogen-bond donors (Lipinski definition) is 1. The normalized spacial score (nSPS) is 10.6. The molecule has 0 aliphatic rings. The van der Waals surface area contributed by atoms with E-state index in [1.165, 1.54) is 0 Å². The van der Waals surface area contributed by atoms with E-state index < -0.39 is 0 Å². The third-order valence-corrected chi connectivity index (χ3v) is 5.52. The molecule has 1 N–H and O–H groups in total. The first-order chi connectivity index (χ1) is 13.6. The van der Waals surface area contributed by atoms with E-state index >= 15 is 0 Å². The Morgan fingerprint density at radius 3 is 2.54 bits per heavy atom. The van der Waals surface area contributed by atoms with Gasteiger partial charge in [0, 0.05) is 51.4 Å². The second kappa shape index (κ2) is 7.92. The lowest BCUT2D eigenvalue weighted by molar-refractivity contribution is 0.102. The molecule has 0 saturated carbocycles. The number of nitrogens with zero attached hydrogens (tertiary/aromatic N) is 2. The number of halogens is 1. The molecule has 28 heavy (non-hydrogen) atoms. The Morgan fingerprint density at radius 1 is 1.04 bits per heavy atom. The maximum Gasteiger partial charge on any atom is 0.256 e. The van der Waals surface area contributed by atoms with Gasteiger partial charge in [0.25, 0.3) is 5.91 Å². The summed E-state index contributed by atoms with van der Waals surface area (Å²) in [6, 6.07) is 15.2. The van der Waals surface area contributed by atoms with Gasteiger partial charge in [-0.3, -0.25) is 9.78 Å². The molecule has 4 nitrogen and oxygen atoms in total. The van der Waals surface area contributed by atoms with E-state index in [0.717, 1.165) is 32.9 Å². The zero-order valence-corrected chi connectivity index (χ0v) is 16.6. The molecule has 0 aliphatic heterocycles. The van der Waals surface area contributed by atoms with Crippen molar-refractivity contribution < 1.29 is 4.79 Å². The van der Waals surface area contributed by atoms with Crippen LogP contribution in [0.2, 0.25) is 5.02 Å². The van der Waals surface area contributed by atoms with Crippen molar-refractivity contribution in [1.82, 2.24) is 9.97 Å². The monoisotopic (exact) mass is 405 g/mol. The van der Waals surface area contributed by atoms with Crippen molar-refractivity contribution in [3.63, 3.8) is 0 Å². The Bertz CT molecular complexity index is 1120. The SMILES string of the molecule is Cc1cnccc1C(=O)Nc1ccc(-c2cc(-c3nccs3)ccc2Cl)cc1. The molecule has 2 heterocycles. The van der Waals surface area contributed by atoms with Crippen LogP contribution in [0.4, 0.5) is 5.69 Å². The van der Waals surface area contributed by atoms with Gasteiger partial charge in [-0.05, 0) is 48.4 Å². The van der Waals surface area contributed by atoms with E-state index in [-0.39, 0.29) is 5.91 Å². The maximum atomic E-state index is 12.5. The highest BCUT2D eigenvalue weighted by molar-refractivity contribution is 7.13. The number of pyridine rings is 1. The molecule has 4 aromatic rings. The number of thiazole rings is 1. The van der Waals surface area contributed by atoms with Crippen molar-refractivity contribution in [3.8, 4) is 21.7 Å². The quantitative estimate of drug-likeness (QED) is 0.447. The standard InChI is InChI=1S/C22H16ClN3OS/c1-14-13-24-9-8-18(14)21(27)26-17-5-2-15(3-6-17)19-12-16(4-7-20(19)23)22-25-10-11-28-22/h2-13H,1H3,(H,26,27). The van der Waals surface area contributed by atoms with Gasteiger partial charge in [0.05, 0.1) is 0 Å². The van der Waals surface area contributed by atoms with Gasteiger partial charge in [0.1, 0.15) is 5.01 Å². The summed E-state index contributed by atoms with van der Waals surface area (Å²) in [4.78, 5) is 20.8. The lowest BCUT2D eigenvalue weighted by Crippen LogP contribution is -2.13. The van der Waals surface area contributed by atoms with Crippen LogP contribution in [-0.2, 0) is 0 Å². The van der Waals surface area contributed by atoms with E-state index in [0.29, 0.717) is 10.6 Å². The van der Waals surface area contributed by atoms with Crippen molar-refractivity contribution in [2.24, 2.45) is 0 Å². The molecule has 0 atom stereocenters. The van der Waals surface area contributed by atoms with Crippen LogP contribution in [0.1, 0.15) is 15.9 Å². The molecule has 2 aromatic heterocycles. The first kappa shape index (κ1) is 18.3. The fraction of sp³-hybridized carbons (Fsp3) is 0.0455. The first-order valence-electron chi connectivity index (χ1n) is 8.63. The minimum atomic E-state index is -0.156. The van der Waals surface area contributed by atoms with E-state index in [4.69, 9.17) is 11.6 Å². The van der Waals surface area contributed by atoms with Crippen LogP contribution < -0.4 is 5.32 Å². The van der Waals surface area contributed by atoms with E-state index in [1.807, 2.05) is 54.8 Å². The maximum absolute atomic E-state index is 12.5. The summed E-state index contributed by atoms with van der Waals surface area (Å²) in [6.07, 6.45) is 5.08. The predicted octanol–water partition coefficient (Wildman–Crippen LogP) is 6.09. The zero-order chi connectivity index (χ0) is 19.5. The summed E-state index contributed by atoms with van der Waals surface area (Å²) in [7, 11) is 0. The molecule has 0 fully saturated rings. The third-order valence-electron chi connectivity index (χ3n) is 4.36. The Labute approximate surface area is 171 Å². The lowest BCUT2D eigenvalue weighted by Gasteiger charge is -2.10. The minimum absolute atomic E-state index is 0.156. The summed E-state index contributed by atoms with van der Waals surface area (Å²) < 4.78 is 0. The second-order valence-corrected chi connectivity index (χ2v) is 7.56. The second-order valence-electron chi connectivity index (χ2n) is 6.25. The summed E-state index contributed by atoms with van der Waals surface area (Å²) in [5.41, 5.74) is 5.09. The topological polar surface area (TPSA) is 54.9 Å². The largest absolute Gasteiger partial charge is 0.322 e. The van der Waals surface area contributed by atoms with E-state index in [1.54, 1.807) is 36.0 Å². The highest BCUT2D eigenvalue weighted by atomic mass is 35.5. The van der Waals surface area contributed by atoms with Crippen molar-refractivity contribution in [1.29, 1.82) is 0 Å². The smallest absolute Gasteiger partial charge is 0.256 e. The van der Waals surface area contributed by atoms with Gasteiger partial charge in [-0.25, -0.2) is 4.98 Å². The fourth-order valence-corrected chi connectivity index (χ4v) is 3.77. The highest BCUT2D eigenvalue weighted by Gasteiger charge is 2.11. The van der Waals surface area contributed by atoms with Gasteiger partial charge in [-0.1, -0.05) is 29.8 Å². The molecule has 0 radical (unpaired) electrons. The highest BCUT2D eigenvalue weighted by Crippen LogP contribution is 2.33. The van der Waals surface area contributed by atoms with Crippen molar-refractivity contribution in [2.75, 3.05) is 5.32 Å². The Kier molecular flexibility index (Phi) is 5.19. The molecule has 0 unspecified atom stereocenters. The number of carbonyl (C=O) groups is 1. The molecule has 0 spiro atoms. The van der Waals surface area contributed by atoms with Gasteiger partial charge < -0.3 is 5.32 Å². The number of aryl methyl sites for hydroxylation is 1. The van der Waals surface area contributed by atoms with Crippen LogP contribution in [0.15, 0.2) is 72.5 Å². The first-order valence-corrected chi connectivity index (χ1v) is 9.89. The number of anilines is 1. The molecule has 6 heteroatoms. The van der Waals surface area contributed by atoms with Gasteiger partial charge in [0.15, 0.2) is 0 Å². The molecule has 2 aromatic carbocycles. The van der Waals surface area contributed by atoms with Crippen LogP contribution in [0, 0.1) is 6.92 Å². The van der Waals surface area contributed by atoms with E-state index in [9.17, 15) is 4.79 Å². The van der Waals surface area contributed by atoms with Gasteiger partial charge in [0.2, 0.25) is 0 Å². The van der Waals surface area contributed by atoms with Crippen LogP contribution in [0.5, 0.6) is 0 Å². The predicted molar refractivity (Wildman–Crippen MR) is 115 cm³/mol. The molecular formula is C22H16ClN3OS. The Morgan fingerprint density at radius 2 is 1.82 bits per heavy atom. The molecule has 138 valence electrons. The number of aromatic nitrogens is 2. The number of rotatable bonds is 4. The van der Waals surface area contributed by atoms with Gasteiger partial charge >= 0.3 is 0 Å². The Hall–Kier alpha value is -3.02. The average molecular weight is 406 g/mol. The molecule has 4 rings (SSSR count). The number of carbonyl (C=O) groups excluding carboxylic acids is 1. The molecule has 1 amide bonds. The molecule has 0 aliphatic carbocycles. The number of benzene rings is 2. The number of hydrogen-bond acceptors (Lipinski definition) is 4. The molecule has 0 bridgehead atoms. The van der Waals surface area contributed by atoms with Crippen molar-refractivity contribution in [2.45, 2.75) is 6.92 Å². The third kappa shape index (κ3) is 3.81. The Balaban J connectivity index is 1.58. The summed E-state index contributed by atoms with van der Waals surface area (Å²) >= 11 is 8.01. The summed E-state index contributed by atoms with van der Waals surface area (Å²) in [6.45, 7) is 1.86. The lowest BCUT2D eigenvalue weighted by atomic mass is 10.0. The van der Waals surface area contributed by atoms with Crippen LogP contribution in [0.3, 0.4) is 0 Å². The minimum Gasteiger partial charge on any atom is -0.322 e. The molecule has 0 saturated heterocycles. The van der Waals surface area contributed by atoms with Crippen molar-refractivity contribution in [3.05, 3.63) is 88.7 Å². The zero-order valence-electron chi connectivity index (χ0n) is 15.0. The van der Waals surface area contributed by atoms with Crippen molar-refractivity contribution >= 4 is 34.5 Å². The number of nitrogens with one attached hydrogen (secondary N) is 1. The van der Waals surface area contributed by atoms with Crippen LogP contribution >= 0.6 is 22.9 Å². The summed E-state index contributed by atoms with van der Waals surface area (Å²) in [5, 5.41) is 6.49. The van der Waals surface area contributed by atoms with Gasteiger partial charge in [-0.15, -0.1) is 11.3 Å². The molecular weight excluding hydrogens is 390 g/mol. The van der Waals surface area contributed by atoms with Crippen LogP contribution in [0.25, 0.3) is 21.7 Å². The fourth-order valence-electron chi connectivity index (χ4n) is 2.91.